The predicted octanol–water partition coefficient (Wildman–Crippen LogP) is 6.46. The number of amides is 1. The molecule has 3 saturated carbocycles. The van der Waals surface area contributed by atoms with Crippen LogP contribution in [0.1, 0.15) is 94.3 Å². The van der Waals surface area contributed by atoms with Gasteiger partial charge in [-0.15, -0.1) is 0 Å². The maximum atomic E-state index is 12.2. The summed E-state index contributed by atoms with van der Waals surface area (Å²) in [6.45, 7) is 2.30. The van der Waals surface area contributed by atoms with Crippen LogP contribution in [0.25, 0.3) is 0 Å². The standard InChI is InChI=1S/C27H37N3OS/c1-2-3-4-5-12-26-13-16-27(17-14-26,18-15-26)22-8-10-23(11-9-22)29-25(32)30-24(31)21-7-6-19-28-20-21/h6-8,10-11,19-20,22H,2-5,9,12-18H2,1H3,(H2,29,30,31,32). The lowest BCUT2D eigenvalue weighted by Gasteiger charge is -2.56. The van der Waals surface area contributed by atoms with Gasteiger partial charge in [0.1, 0.15) is 0 Å². The van der Waals surface area contributed by atoms with E-state index in [1.807, 2.05) is 0 Å². The van der Waals surface area contributed by atoms with Crippen LogP contribution in [0, 0.1) is 16.7 Å². The van der Waals surface area contributed by atoms with E-state index < -0.39 is 0 Å². The molecular weight excluding hydrogens is 414 g/mol. The minimum absolute atomic E-state index is 0.240. The van der Waals surface area contributed by atoms with E-state index in [0.29, 0.717) is 27.4 Å². The summed E-state index contributed by atoms with van der Waals surface area (Å²) < 4.78 is 0. The van der Waals surface area contributed by atoms with Crippen molar-refractivity contribution in [3.8, 4) is 0 Å². The van der Waals surface area contributed by atoms with E-state index in [2.05, 4.69) is 40.8 Å². The van der Waals surface area contributed by atoms with Crippen LogP contribution >= 0.6 is 12.2 Å². The summed E-state index contributed by atoms with van der Waals surface area (Å²) in [6, 6.07) is 3.47. The van der Waals surface area contributed by atoms with Crippen molar-refractivity contribution >= 4 is 23.2 Å². The van der Waals surface area contributed by atoms with Gasteiger partial charge in [0, 0.05) is 18.1 Å². The second kappa shape index (κ2) is 10.3. The number of allylic oxidation sites excluding steroid dienone is 3. The Hall–Kier alpha value is -2.01. The van der Waals surface area contributed by atoms with Crippen LogP contribution in [0.4, 0.5) is 0 Å². The molecule has 5 heteroatoms. The first kappa shape index (κ1) is 23.2. The van der Waals surface area contributed by atoms with Crippen molar-refractivity contribution in [3.05, 3.63) is 54.0 Å². The van der Waals surface area contributed by atoms with Gasteiger partial charge in [-0.25, -0.2) is 0 Å². The lowest BCUT2D eigenvalue weighted by molar-refractivity contribution is -0.0405. The van der Waals surface area contributed by atoms with E-state index in [4.69, 9.17) is 12.2 Å². The fourth-order valence-electron chi connectivity index (χ4n) is 6.15. The smallest absolute Gasteiger partial charge is 0.258 e. The number of nitrogens with zero attached hydrogens (tertiary/aromatic N) is 1. The van der Waals surface area contributed by atoms with Crippen LogP contribution in [-0.4, -0.2) is 16.0 Å². The highest BCUT2D eigenvalue weighted by Crippen LogP contribution is 2.62. The number of carbonyl (C=O) groups is 1. The van der Waals surface area contributed by atoms with Gasteiger partial charge >= 0.3 is 0 Å². The molecule has 5 rings (SSSR count). The maximum absolute atomic E-state index is 12.2. The second-order valence-corrected chi connectivity index (χ2v) is 10.6. The van der Waals surface area contributed by atoms with E-state index in [-0.39, 0.29) is 5.91 Å². The lowest BCUT2D eigenvalue weighted by atomic mass is 9.48. The van der Waals surface area contributed by atoms with Gasteiger partial charge in [0.05, 0.1) is 5.56 Å². The topological polar surface area (TPSA) is 54.0 Å². The van der Waals surface area contributed by atoms with E-state index >= 15 is 0 Å². The number of carbonyl (C=O) groups excluding carboxylic acids is 1. The maximum Gasteiger partial charge on any atom is 0.258 e. The molecular formula is C27H37N3OS. The Labute approximate surface area is 198 Å². The fraction of sp³-hybridized carbons (Fsp3) is 0.593. The van der Waals surface area contributed by atoms with Crippen LogP contribution in [-0.2, 0) is 0 Å². The van der Waals surface area contributed by atoms with Gasteiger partial charge in [0.25, 0.3) is 5.91 Å². The Morgan fingerprint density at radius 3 is 2.56 bits per heavy atom. The highest BCUT2D eigenvalue weighted by molar-refractivity contribution is 7.80. The van der Waals surface area contributed by atoms with Crippen molar-refractivity contribution in [3.63, 3.8) is 0 Å². The molecule has 0 aliphatic heterocycles. The molecule has 0 aromatic carbocycles. The zero-order chi connectivity index (χ0) is 22.4. The number of hydrogen-bond acceptors (Lipinski definition) is 3. The summed E-state index contributed by atoms with van der Waals surface area (Å²) in [7, 11) is 0. The molecule has 2 bridgehead atoms. The molecule has 1 unspecified atom stereocenters. The molecule has 1 amide bonds. The molecule has 4 nitrogen and oxygen atoms in total. The zero-order valence-electron chi connectivity index (χ0n) is 19.4. The predicted molar refractivity (Wildman–Crippen MR) is 134 cm³/mol. The monoisotopic (exact) mass is 451 g/mol. The molecule has 3 fully saturated rings. The van der Waals surface area contributed by atoms with E-state index in [0.717, 1.165) is 12.1 Å². The third-order valence-corrected chi connectivity index (χ3v) is 8.52. The molecule has 1 aromatic rings. The first-order valence-corrected chi connectivity index (χ1v) is 12.9. The molecule has 4 aliphatic rings. The van der Waals surface area contributed by atoms with Crippen molar-refractivity contribution < 1.29 is 4.79 Å². The molecule has 1 heterocycles. The number of pyridine rings is 1. The molecule has 32 heavy (non-hydrogen) atoms. The quantitative estimate of drug-likeness (QED) is 0.352. The molecule has 2 N–H and O–H groups in total. The molecule has 0 radical (unpaired) electrons. The lowest BCUT2D eigenvalue weighted by Crippen LogP contribution is -2.45. The highest BCUT2D eigenvalue weighted by atomic mass is 32.1. The van der Waals surface area contributed by atoms with Crippen LogP contribution in [0.3, 0.4) is 0 Å². The Bertz CT molecular complexity index is 852. The van der Waals surface area contributed by atoms with Crippen molar-refractivity contribution in [2.24, 2.45) is 16.7 Å². The first-order valence-electron chi connectivity index (χ1n) is 12.4. The van der Waals surface area contributed by atoms with Gasteiger partial charge in [0.2, 0.25) is 0 Å². The molecule has 0 saturated heterocycles. The van der Waals surface area contributed by atoms with Gasteiger partial charge in [-0.3, -0.25) is 15.1 Å². The van der Waals surface area contributed by atoms with Crippen LogP contribution in [0.2, 0.25) is 0 Å². The summed E-state index contributed by atoms with van der Waals surface area (Å²) in [4.78, 5) is 16.2. The van der Waals surface area contributed by atoms with Crippen molar-refractivity contribution in [2.45, 2.75) is 84.0 Å². The van der Waals surface area contributed by atoms with Crippen molar-refractivity contribution in [2.75, 3.05) is 0 Å². The Kier molecular flexibility index (Phi) is 7.44. The molecule has 1 aromatic heterocycles. The zero-order valence-corrected chi connectivity index (χ0v) is 20.2. The normalized spacial score (nSPS) is 28.8. The van der Waals surface area contributed by atoms with E-state index in [1.165, 1.54) is 76.8 Å². The summed E-state index contributed by atoms with van der Waals surface area (Å²) in [5, 5.41) is 6.24. The molecule has 172 valence electrons. The largest absolute Gasteiger partial charge is 0.333 e. The van der Waals surface area contributed by atoms with Crippen molar-refractivity contribution in [1.29, 1.82) is 0 Å². The van der Waals surface area contributed by atoms with Gasteiger partial charge in [-0.1, -0.05) is 44.8 Å². The SMILES string of the molecule is CCCCCCC12CCC(C3C=CC(NC(=S)NC(=O)c4cccnc4)=CC3)(CC1)CC2. The number of aromatic nitrogens is 1. The molecule has 1 atom stereocenters. The van der Waals surface area contributed by atoms with E-state index in [1.54, 1.807) is 18.3 Å². The van der Waals surface area contributed by atoms with Gasteiger partial charge in [0.15, 0.2) is 5.11 Å². The minimum Gasteiger partial charge on any atom is -0.333 e. The van der Waals surface area contributed by atoms with Crippen molar-refractivity contribution in [1.82, 2.24) is 15.6 Å². The average molecular weight is 452 g/mol. The molecule has 0 spiro atoms. The summed E-state index contributed by atoms with van der Waals surface area (Å²) in [6.07, 6.45) is 26.6. The Morgan fingerprint density at radius 2 is 1.94 bits per heavy atom. The number of hydrogen-bond donors (Lipinski definition) is 2. The number of fused-ring (bicyclic) bond motifs is 3. The third kappa shape index (κ3) is 5.31. The average Bonchev–Trinajstić information content (AvgIpc) is 2.84. The Balaban J connectivity index is 1.25. The highest BCUT2D eigenvalue weighted by Gasteiger charge is 2.50. The molecule has 4 aliphatic carbocycles. The summed E-state index contributed by atoms with van der Waals surface area (Å²) in [5.74, 6) is 0.389. The summed E-state index contributed by atoms with van der Waals surface area (Å²) >= 11 is 5.34. The van der Waals surface area contributed by atoms with Gasteiger partial charge in [-0.05, 0) is 98.5 Å². The number of unbranched alkanes of at least 4 members (excludes halogenated alkanes) is 3. The number of nitrogens with one attached hydrogen (secondary N) is 2. The minimum atomic E-state index is -0.240. The van der Waals surface area contributed by atoms with Gasteiger partial charge in [-0.2, -0.15) is 0 Å². The van der Waals surface area contributed by atoms with Crippen LogP contribution in [0.15, 0.2) is 48.5 Å². The van der Waals surface area contributed by atoms with E-state index in [9.17, 15) is 4.79 Å². The number of thiocarbonyl (C=S) groups is 1. The van der Waals surface area contributed by atoms with Crippen LogP contribution < -0.4 is 10.6 Å². The Morgan fingerprint density at radius 1 is 1.16 bits per heavy atom. The fourth-order valence-corrected chi connectivity index (χ4v) is 6.36. The first-order chi connectivity index (χ1) is 15.5. The second-order valence-electron chi connectivity index (χ2n) is 10.2. The van der Waals surface area contributed by atoms with Crippen LogP contribution in [0.5, 0.6) is 0 Å². The van der Waals surface area contributed by atoms with Gasteiger partial charge < -0.3 is 5.32 Å². The third-order valence-electron chi connectivity index (χ3n) is 8.32. The summed E-state index contributed by atoms with van der Waals surface area (Å²) in [5.41, 5.74) is 2.64. The number of rotatable bonds is 8.